The minimum Gasteiger partial charge on any atom is -0.411 e. The van der Waals surface area contributed by atoms with Crippen LogP contribution < -0.4 is 5.32 Å². The Balaban J connectivity index is 1.78. The number of rotatable bonds is 4. The maximum absolute atomic E-state index is 9.56. The van der Waals surface area contributed by atoms with Gasteiger partial charge >= 0.3 is 0 Å². The zero-order chi connectivity index (χ0) is 15.1. The van der Waals surface area contributed by atoms with E-state index >= 15 is 0 Å². The minimum absolute atomic E-state index is 0.133. The van der Waals surface area contributed by atoms with Gasteiger partial charge in [0.15, 0.2) is 0 Å². The first-order valence-corrected chi connectivity index (χ1v) is 6.55. The second-order valence-electron chi connectivity index (χ2n) is 4.51. The third-order valence-electron chi connectivity index (χ3n) is 2.92. The lowest BCUT2D eigenvalue weighted by Crippen LogP contribution is -2.40. The Kier molecular flexibility index (Phi) is 5.66. The van der Waals surface area contributed by atoms with Crippen molar-refractivity contribution >= 4 is 6.21 Å². The van der Waals surface area contributed by atoms with E-state index < -0.39 is 18.4 Å². The van der Waals surface area contributed by atoms with Crippen LogP contribution in [-0.4, -0.2) is 58.2 Å². The summed E-state index contributed by atoms with van der Waals surface area (Å²) in [6.45, 7) is 0.660. The zero-order valence-electron chi connectivity index (χ0n) is 11.3. The van der Waals surface area contributed by atoms with E-state index in [0.717, 1.165) is 0 Å². The largest absolute Gasteiger partial charge is 0.411 e. The number of oxime groups is 1. The van der Waals surface area contributed by atoms with Crippen molar-refractivity contribution in [3.63, 3.8) is 0 Å². The third-order valence-corrected chi connectivity index (χ3v) is 2.92. The van der Waals surface area contributed by atoms with Crippen molar-refractivity contribution in [2.45, 2.75) is 24.9 Å². The Hall–Kier alpha value is -1.98. The van der Waals surface area contributed by atoms with Crippen LogP contribution in [-0.2, 0) is 4.74 Å². The highest BCUT2D eigenvalue weighted by atomic mass is 16.5. The van der Waals surface area contributed by atoms with Crippen LogP contribution in [0.15, 0.2) is 23.4 Å². The van der Waals surface area contributed by atoms with Gasteiger partial charge in [0.2, 0.25) is 0 Å². The van der Waals surface area contributed by atoms with Gasteiger partial charge in [0.05, 0.1) is 18.5 Å². The van der Waals surface area contributed by atoms with E-state index in [-0.39, 0.29) is 6.61 Å². The number of hydrogen-bond acceptors (Lipinski definition) is 7. The highest BCUT2D eigenvalue weighted by Gasteiger charge is 2.33. The van der Waals surface area contributed by atoms with Gasteiger partial charge in [-0.15, -0.1) is 0 Å². The Labute approximate surface area is 122 Å². The minimum atomic E-state index is -0.908. The zero-order valence-corrected chi connectivity index (χ0v) is 11.3. The lowest BCUT2D eigenvalue weighted by molar-refractivity contribution is 0.00640. The molecule has 1 aliphatic rings. The molecule has 0 aromatic carbocycles. The molecular weight excluding hydrogens is 274 g/mol. The van der Waals surface area contributed by atoms with Gasteiger partial charge in [0, 0.05) is 13.0 Å². The van der Waals surface area contributed by atoms with Crippen molar-refractivity contribution in [1.82, 2.24) is 10.3 Å². The molecule has 1 aliphatic heterocycles. The van der Waals surface area contributed by atoms with Crippen LogP contribution in [0.5, 0.6) is 0 Å². The van der Waals surface area contributed by atoms with E-state index in [9.17, 15) is 10.2 Å². The number of nitrogens with zero attached hydrogens (tertiary/aromatic N) is 2. The fraction of sp³-hybridized carbons (Fsp3) is 0.429. The summed E-state index contributed by atoms with van der Waals surface area (Å²) < 4.78 is 5.18. The molecular formula is C14H17N3O4. The van der Waals surface area contributed by atoms with Gasteiger partial charge in [-0.05, 0) is 18.1 Å². The Morgan fingerprint density at radius 1 is 1.48 bits per heavy atom. The van der Waals surface area contributed by atoms with Gasteiger partial charge in [-0.25, -0.2) is 4.98 Å². The maximum Gasteiger partial charge on any atom is 0.137 e. The van der Waals surface area contributed by atoms with Crippen LogP contribution in [0.1, 0.15) is 17.8 Å². The molecule has 3 unspecified atom stereocenters. The summed E-state index contributed by atoms with van der Waals surface area (Å²) in [7, 11) is 0. The number of pyridine rings is 1. The summed E-state index contributed by atoms with van der Waals surface area (Å²) in [4.78, 5) is 4.16. The Morgan fingerprint density at radius 2 is 2.33 bits per heavy atom. The summed E-state index contributed by atoms with van der Waals surface area (Å²) in [5.41, 5.74) is 1.11. The number of ether oxygens (including phenoxy) is 1. The van der Waals surface area contributed by atoms with Gasteiger partial charge in [-0.2, -0.15) is 0 Å². The first-order chi connectivity index (χ1) is 10.2. The fourth-order valence-electron chi connectivity index (χ4n) is 1.86. The molecule has 1 fully saturated rings. The van der Waals surface area contributed by atoms with E-state index in [1.807, 2.05) is 0 Å². The van der Waals surface area contributed by atoms with E-state index in [1.165, 1.54) is 6.21 Å². The van der Waals surface area contributed by atoms with Crippen molar-refractivity contribution in [2.24, 2.45) is 5.16 Å². The molecule has 0 bridgehead atoms. The highest BCUT2D eigenvalue weighted by molar-refractivity contribution is 5.76. The second kappa shape index (κ2) is 7.71. The molecule has 7 nitrogen and oxygen atoms in total. The molecule has 2 heterocycles. The van der Waals surface area contributed by atoms with Crippen LogP contribution in [0.4, 0.5) is 0 Å². The topological polar surface area (TPSA) is 107 Å². The van der Waals surface area contributed by atoms with Gasteiger partial charge in [0.1, 0.15) is 24.1 Å². The summed E-state index contributed by atoms with van der Waals surface area (Å²) in [5.74, 6) is 5.83. The Morgan fingerprint density at radius 3 is 3.05 bits per heavy atom. The molecule has 4 N–H and O–H groups in total. The van der Waals surface area contributed by atoms with Crippen LogP contribution in [0.25, 0.3) is 0 Å². The summed E-state index contributed by atoms with van der Waals surface area (Å²) in [5, 5.41) is 33.2. The molecule has 0 saturated carbocycles. The molecule has 3 atom stereocenters. The number of aliphatic hydroxyl groups excluding tert-OH is 2. The van der Waals surface area contributed by atoms with Crippen molar-refractivity contribution < 1.29 is 20.2 Å². The van der Waals surface area contributed by atoms with Crippen LogP contribution >= 0.6 is 0 Å². The SMILES string of the molecule is ON=Cc1cccc(C#CCCNC2OCC(O)C2O)n1. The van der Waals surface area contributed by atoms with Crippen molar-refractivity contribution in [1.29, 1.82) is 0 Å². The summed E-state index contributed by atoms with van der Waals surface area (Å²) in [6, 6.07) is 5.24. The quantitative estimate of drug-likeness (QED) is 0.192. The van der Waals surface area contributed by atoms with Gasteiger partial charge in [-0.3, -0.25) is 5.32 Å². The lowest BCUT2D eigenvalue weighted by Gasteiger charge is -2.15. The molecule has 1 aromatic rings. The molecule has 112 valence electrons. The number of hydrogen-bond donors (Lipinski definition) is 4. The van der Waals surface area contributed by atoms with Crippen LogP contribution in [0, 0.1) is 11.8 Å². The van der Waals surface area contributed by atoms with E-state index in [4.69, 9.17) is 9.94 Å². The van der Waals surface area contributed by atoms with Gasteiger partial charge in [-0.1, -0.05) is 17.1 Å². The average Bonchev–Trinajstić information content (AvgIpc) is 2.80. The lowest BCUT2D eigenvalue weighted by atomic mass is 10.2. The predicted octanol–water partition coefficient (Wildman–Crippen LogP) is -0.701. The molecule has 0 spiro atoms. The molecule has 7 heteroatoms. The number of nitrogens with one attached hydrogen (secondary N) is 1. The fourth-order valence-corrected chi connectivity index (χ4v) is 1.86. The van der Waals surface area contributed by atoms with Crippen LogP contribution in [0.3, 0.4) is 0 Å². The first-order valence-electron chi connectivity index (χ1n) is 6.55. The van der Waals surface area contributed by atoms with Gasteiger partial charge < -0.3 is 20.2 Å². The first kappa shape index (κ1) is 15.4. The Bertz CT molecular complexity index is 553. The van der Waals surface area contributed by atoms with Crippen molar-refractivity contribution in [3.05, 3.63) is 29.6 Å². The number of aromatic nitrogens is 1. The maximum atomic E-state index is 9.56. The highest BCUT2D eigenvalue weighted by Crippen LogP contribution is 2.11. The summed E-state index contributed by atoms with van der Waals surface area (Å²) >= 11 is 0. The molecule has 0 radical (unpaired) electrons. The molecule has 0 amide bonds. The molecule has 1 saturated heterocycles. The number of aliphatic hydroxyl groups is 2. The smallest absolute Gasteiger partial charge is 0.137 e. The normalized spacial score (nSPS) is 25.0. The van der Waals surface area contributed by atoms with Gasteiger partial charge in [0.25, 0.3) is 0 Å². The predicted molar refractivity (Wildman–Crippen MR) is 74.9 cm³/mol. The van der Waals surface area contributed by atoms with Crippen molar-refractivity contribution in [3.8, 4) is 11.8 Å². The average molecular weight is 291 g/mol. The standard InChI is InChI=1S/C14H17N3O4/c18-12-9-21-14(13(12)19)15-7-2-1-4-10-5-3-6-11(17-10)8-16-20/h3,5-6,8,12-15,18-20H,2,7,9H2. The van der Waals surface area contributed by atoms with E-state index in [1.54, 1.807) is 18.2 Å². The van der Waals surface area contributed by atoms with Crippen LogP contribution in [0.2, 0.25) is 0 Å². The van der Waals surface area contributed by atoms with Crippen molar-refractivity contribution in [2.75, 3.05) is 13.2 Å². The monoisotopic (exact) mass is 291 g/mol. The second-order valence-corrected chi connectivity index (χ2v) is 4.51. The summed E-state index contributed by atoms with van der Waals surface area (Å²) in [6.07, 6.45) is -0.522. The molecule has 21 heavy (non-hydrogen) atoms. The van der Waals surface area contributed by atoms with E-state index in [0.29, 0.717) is 24.4 Å². The molecule has 0 aliphatic carbocycles. The molecule has 1 aromatic heterocycles. The third kappa shape index (κ3) is 4.51. The van der Waals surface area contributed by atoms with E-state index in [2.05, 4.69) is 27.3 Å². The molecule has 2 rings (SSSR count).